The zero-order valence-electron chi connectivity index (χ0n) is 30.5. The van der Waals surface area contributed by atoms with Crippen LogP contribution in [0.5, 0.6) is 11.5 Å². The number of alkyl halides is 3. The highest BCUT2D eigenvalue weighted by Crippen LogP contribution is 2.71. The van der Waals surface area contributed by atoms with Crippen LogP contribution in [0, 0.1) is 0 Å². The number of hydrogen-bond donors (Lipinski definition) is 0. The fourth-order valence-corrected chi connectivity index (χ4v) is 12.1. The number of fused-ring (bicyclic) bond motifs is 3. The predicted octanol–water partition coefficient (Wildman–Crippen LogP) is 13.0. The molecule has 1 saturated heterocycles. The lowest BCUT2D eigenvalue weighted by Crippen LogP contribution is -2.36. The Balaban J connectivity index is 1.57. The molecule has 10 heteroatoms. The van der Waals surface area contributed by atoms with Gasteiger partial charge in [0.15, 0.2) is 6.10 Å². The third-order valence-electron chi connectivity index (χ3n) is 9.67. The highest BCUT2D eigenvalue weighted by atomic mass is 31.1. The molecule has 5 nitrogen and oxygen atoms in total. The summed E-state index contributed by atoms with van der Waals surface area (Å²) < 4.78 is 76.9. The summed E-state index contributed by atoms with van der Waals surface area (Å²) in [6.45, 7) is 12.2. The molecule has 0 spiro atoms. The van der Waals surface area contributed by atoms with Gasteiger partial charge in [-0.05, 0) is 59.1 Å². The topological polar surface area (TPSA) is 54.0 Å². The second-order valence-electron chi connectivity index (χ2n) is 15.3. The summed E-state index contributed by atoms with van der Waals surface area (Å²) in [4.78, 5) is 0. The van der Waals surface area contributed by atoms with E-state index in [4.69, 9.17) is 22.4 Å². The molecule has 0 radical (unpaired) electrons. The zero-order valence-corrected chi connectivity index (χ0v) is 32.3. The van der Waals surface area contributed by atoms with Crippen LogP contribution >= 0.6 is 16.2 Å². The molecule has 0 bridgehead atoms. The van der Waals surface area contributed by atoms with Crippen molar-refractivity contribution in [2.75, 3.05) is 20.4 Å². The van der Waals surface area contributed by atoms with E-state index < -0.39 is 39.3 Å². The van der Waals surface area contributed by atoms with E-state index in [-0.39, 0.29) is 17.5 Å². The van der Waals surface area contributed by atoms with Gasteiger partial charge in [0.1, 0.15) is 22.7 Å². The summed E-state index contributed by atoms with van der Waals surface area (Å²) in [5.74, 6) is 1.19. The number of ether oxygens (including phenoxy) is 2. The Labute approximate surface area is 300 Å². The Hall–Kier alpha value is -3.44. The molecule has 51 heavy (non-hydrogen) atoms. The van der Waals surface area contributed by atoms with Crippen LogP contribution in [-0.4, -0.2) is 32.7 Å². The van der Waals surface area contributed by atoms with E-state index >= 15 is 13.2 Å². The van der Waals surface area contributed by atoms with Crippen LogP contribution in [0.3, 0.4) is 0 Å². The largest absolute Gasteiger partial charge is 0.497 e. The molecule has 1 aliphatic rings. The molecule has 5 aromatic rings. The van der Waals surface area contributed by atoms with Crippen LogP contribution in [-0.2, 0) is 10.8 Å². The number of halogens is 3. The van der Waals surface area contributed by atoms with E-state index in [1.54, 1.807) is 14.2 Å². The normalized spacial score (nSPS) is 17.9. The lowest BCUT2D eigenvalue weighted by molar-refractivity contribution is -0.179. The number of rotatable bonds is 8. The van der Waals surface area contributed by atoms with Gasteiger partial charge in [-0.2, -0.15) is 13.2 Å². The quantitative estimate of drug-likeness (QED) is 0.148. The zero-order chi connectivity index (χ0) is 36.7. The average molecular weight is 739 g/mol. The van der Waals surface area contributed by atoms with E-state index in [2.05, 4.69) is 0 Å². The number of methoxy groups -OCH3 is 2. The maximum absolute atomic E-state index is 15.4. The van der Waals surface area contributed by atoms with Crippen molar-refractivity contribution in [3.8, 4) is 11.5 Å². The van der Waals surface area contributed by atoms with Gasteiger partial charge in [0.2, 0.25) is 0 Å². The molecule has 0 saturated carbocycles. The SMILES string of the molecule is COc1cc(C(C)(C)C)c2op(O[C@H](CP3[C@@H](c4ccccc4)CC[C@@H]3c3ccccc3)C(F)(F)F)oc3c(C(C)(C)C)cc(OC)cc3c2c1. The van der Waals surface area contributed by atoms with Crippen molar-refractivity contribution in [2.24, 2.45) is 0 Å². The van der Waals surface area contributed by atoms with Gasteiger partial charge < -0.3 is 17.9 Å². The van der Waals surface area contributed by atoms with Gasteiger partial charge in [0.05, 0.1) is 14.2 Å². The summed E-state index contributed by atoms with van der Waals surface area (Å²) in [7, 11) is -0.601. The number of benzene rings is 4. The lowest BCUT2D eigenvalue weighted by atomic mass is 9.84. The first-order chi connectivity index (χ1) is 24.1. The van der Waals surface area contributed by atoms with Gasteiger partial charge in [-0.1, -0.05) is 110 Å². The van der Waals surface area contributed by atoms with E-state index in [0.717, 1.165) is 35.1 Å². The highest BCUT2D eigenvalue weighted by Gasteiger charge is 2.48. The van der Waals surface area contributed by atoms with Crippen molar-refractivity contribution in [3.63, 3.8) is 0 Å². The minimum atomic E-state index is -4.67. The molecule has 272 valence electrons. The van der Waals surface area contributed by atoms with Crippen LogP contribution in [0.2, 0.25) is 0 Å². The minimum Gasteiger partial charge on any atom is -0.497 e. The fraction of sp³-hybridized carbons (Fsp3) is 0.415. The summed E-state index contributed by atoms with van der Waals surface area (Å²) in [5, 5.41) is 1.29. The smallest absolute Gasteiger partial charge is 0.416 e. The molecule has 0 amide bonds. The van der Waals surface area contributed by atoms with Crippen LogP contribution in [0.25, 0.3) is 21.9 Å². The first-order valence-corrected chi connectivity index (χ1v) is 20.0. The second kappa shape index (κ2) is 14.5. The van der Waals surface area contributed by atoms with Crippen LogP contribution in [0.4, 0.5) is 13.2 Å². The third kappa shape index (κ3) is 7.99. The first kappa shape index (κ1) is 37.3. The van der Waals surface area contributed by atoms with Crippen LogP contribution < -0.4 is 14.0 Å². The maximum Gasteiger partial charge on any atom is 0.416 e. The summed E-state index contributed by atoms with van der Waals surface area (Å²) in [5.41, 5.74) is 3.60. The molecule has 2 heterocycles. The van der Waals surface area contributed by atoms with Crippen molar-refractivity contribution >= 4 is 38.1 Å². The first-order valence-electron chi connectivity index (χ1n) is 17.3. The summed E-state index contributed by atoms with van der Waals surface area (Å²) in [6, 6.07) is 27.3. The monoisotopic (exact) mass is 738 g/mol. The maximum atomic E-state index is 15.4. The summed E-state index contributed by atoms with van der Waals surface area (Å²) in [6.07, 6.45) is -5.32. The average Bonchev–Trinajstić information content (AvgIpc) is 3.43. The van der Waals surface area contributed by atoms with Crippen molar-refractivity contribution in [2.45, 2.75) is 88.8 Å². The third-order valence-corrected chi connectivity index (χ3v) is 14.2. The Morgan fingerprint density at radius 1 is 0.667 bits per heavy atom. The summed E-state index contributed by atoms with van der Waals surface area (Å²) >= 11 is 0. The molecular formula is C41H47F3O5P2. The van der Waals surface area contributed by atoms with Gasteiger partial charge in [-0.15, -0.1) is 0 Å². The molecule has 3 atom stereocenters. The van der Waals surface area contributed by atoms with Gasteiger partial charge in [-0.3, -0.25) is 4.52 Å². The molecule has 1 fully saturated rings. The molecular weight excluding hydrogens is 691 g/mol. The van der Waals surface area contributed by atoms with Crippen molar-refractivity contribution in [1.82, 2.24) is 0 Å². The van der Waals surface area contributed by atoms with Gasteiger partial charge in [0.25, 0.3) is 0 Å². The van der Waals surface area contributed by atoms with Gasteiger partial charge >= 0.3 is 14.4 Å². The highest BCUT2D eigenvalue weighted by molar-refractivity contribution is 7.58. The van der Waals surface area contributed by atoms with Gasteiger partial charge in [-0.25, -0.2) is 0 Å². The van der Waals surface area contributed by atoms with E-state index in [0.29, 0.717) is 33.4 Å². The molecule has 0 unspecified atom stereocenters. The molecule has 6 rings (SSSR count). The van der Waals surface area contributed by atoms with E-state index in [9.17, 15) is 0 Å². The minimum absolute atomic E-state index is 0.00460. The number of hydrogen-bond acceptors (Lipinski definition) is 5. The molecule has 0 N–H and O–H groups in total. The van der Waals surface area contributed by atoms with E-state index in [1.807, 2.05) is 126 Å². The fourth-order valence-electron chi connectivity index (χ4n) is 7.04. The lowest BCUT2D eigenvalue weighted by Gasteiger charge is -2.30. The van der Waals surface area contributed by atoms with Crippen molar-refractivity contribution in [1.29, 1.82) is 0 Å². The Bertz CT molecular complexity index is 1880. The van der Waals surface area contributed by atoms with E-state index in [1.165, 1.54) is 0 Å². The van der Waals surface area contributed by atoms with Crippen LogP contribution in [0.1, 0.15) is 88.0 Å². The second-order valence-corrected chi connectivity index (χ2v) is 18.9. The van der Waals surface area contributed by atoms with Gasteiger partial charge in [0, 0.05) is 39.4 Å². The van der Waals surface area contributed by atoms with Crippen LogP contribution in [0.15, 0.2) is 93.3 Å². The molecule has 1 aliphatic heterocycles. The molecule has 4 aromatic carbocycles. The Morgan fingerprint density at radius 3 is 1.43 bits per heavy atom. The molecule has 1 aromatic heterocycles. The standard InChI is InChI=1S/C41H47F3O5P2/c1-39(2,3)32-23-28(45-7)21-30-31-22-29(46-8)24-33(40(4,5)6)38(31)49-51(48-37(30)32)47-36(41(42,43)44)25-50-34(26-15-11-9-12-16-26)19-20-35(50)27-17-13-10-14-18-27/h9-18,21-24,34-36H,19-20,25H2,1-8H3/t34-,35-,36-/m1/s1. The van der Waals surface area contributed by atoms with Crippen molar-refractivity contribution < 1.29 is 35.6 Å². The molecule has 0 aliphatic carbocycles. The van der Waals surface area contributed by atoms with Crippen molar-refractivity contribution in [3.05, 3.63) is 107 Å². The Kier molecular flexibility index (Phi) is 10.6. The Morgan fingerprint density at radius 2 is 1.08 bits per heavy atom. The predicted molar refractivity (Wildman–Crippen MR) is 203 cm³/mol.